The lowest BCUT2D eigenvalue weighted by Gasteiger charge is -2.26. The third kappa shape index (κ3) is 4.49. The van der Waals surface area contributed by atoms with E-state index in [4.69, 9.17) is 13.8 Å². The molecule has 2 aromatic heterocycles. The van der Waals surface area contributed by atoms with Gasteiger partial charge in [0.05, 0.1) is 0 Å². The number of para-hydroxylation sites is 1. The number of furan rings is 1. The highest BCUT2D eigenvalue weighted by atomic mass is 16.3. The van der Waals surface area contributed by atoms with Gasteiger partial charge in [0, 0.05) is 44.9 Å². The fourth-order valence-electron chi connectivity index (χ4n) is 7.22. The normalized spacial score (nSPS) is 11.7. The molecule has 0 bridgehead atoms. The highest BCUT2D eigenvalue weighted by molar-refractivity contribution is 6.13. The number of fused-ring (bicyclic) bond motifs is 7. The van der Waals surface area contributed by atoms with E-state index in [0.717, 1.165) is 72.0 Å². The van der Waals surface area contributed by atoms with E-state index in [1.54, 1.807) is 0 Å². The standard InChI is InChI=1S/C45H28N2O2/c1-2-15-32(16-3-1)47(33-17-8-14-31(27-33)36-20-9-13-29-11-4-6-18-35(29)36)34-24-25-38-42(28-34)48-40-22-10-21-39(43(38)40)45-46-44-37-19-7-5-12-30(37)23-26-41(44)49-45/h1-28H. The number of rotatable bonds is 5. The molecule has 4 nitrogen and oxygen atoms in total. The number of oxazole rings is 1. The number of benzene rings is 8. The summed E-state index contributed by atoms with van der Waals surface area (Å²) in [5, 5.41) is 6.68. The second kappa shape index (κ2) is 11.0. The van der Waals surface area contributed by atoms with Crippen LogP contribution in [-0.4, -0.2) is 4.98 Å². The fraction of sp³-hybridized carbons (Fsp3) is 0. The van der Waals surface area contributed by atoms with Crippen molar-refractivity contribution in [2.45, 2.75) is 0 Å². The first-order valence-electron chi connectivity index (χ1n) is 16.5. The van der Waals surface area contributed by atoms with Crippen molar-refractivity contribution in [2.75, 3.05) is 4.90 Å². The lowest BCUT2D eigenvalue weighted by Crippen LogP contribution is -2.09. The monoisotopic (exact) mass is 628 g/mol. The van der Waals surface area contributed by atoms with Crippen molar-refractivity contribution in [3.8, 4) is 22.6 Å². The van der Waals surface area contributed by atoms with Crippen LogP contribution in [0.2, 0.25) is 0 Å². The molecule has 0 unspecified atom stereocenters. The predicted molar refractivity (Wildman–Crippen MR) is 202 cm³/mol. The molecule has 0 radical (unpaired) electrons. The minimum absolute atomic E-state index is 0.583. The Morgan fingerprint density at radius 3 is 2.00 bits per heavy atom. The summed E-state index contributed by atoms with van der Waals surface area (Å²) >= 11 is 0. The van der Waals surface area contributed by atoms with Crippen LogP contribution in [0.3, 0.4) is 0 Å². The van der Waals surface area contributed by atoms with Gasteiger partial charge in [0.1, 0.15) is 16.7 Å². The van der Waals surface area contributed by atoms with Crippen molar-refractivity contribution in [1.29, 1.82) is 0 Å². The summed E-state index contributed by atoms with van der Waals surface area (Å²) < 4.78 is 12.9. The van der Waals surface area contributed by atoms with Crippen LogP contribution in [0, 0.1) is 0 Å². The molecule has 0 saturated carbocycles. The molecule has 0 N–H and O–H groups in total. The van der Waals surface area contributed by atoms with Gasteiger partial charge >= 0.3 is 0 Å². The van der Waals surface area contributed by atoms with Crippen LogP contribution < -0.4 is 4.90 Å². The number of nitrogens with zero attached hydrogens (tertiary/aromatic N) is 2. The zero-order valence-electron chi connectivity index (χ0n) is 26.4. The maximum atomic E-state index is 6.57. The Kier molecular flexibility index (Phi) is 6.15. The summed E-state index contributed by atoms with van der Waals surface area (Å²) in [5.41, 5.74) is 9.63. The number of anilines is 3. The molecule has 0 saturated heterocycles. The van der Waals surface area contributed by atoms with Gasteiger partial charge in [-0.15, -0.1) is 0 Å². The van der Waals surface area contributed by atoms with Gasteiger partial charge in [-0.3, -0.25) is 0 Å². The molecule has 0 aliphatic carbocycles. The third-order valence-electron chi connectivity index (χ3n) is 9.47. The molecule has 10 rings (SSSR count). The topological polar surface area (TPSA) is 42.4 Å². The van der Waals surface area contributed by atoms with E-state index >= 15 is 0 Å². The highest BCUT2D eigenvalue weighted by Gasteiger charge is 2.20. The van der Waals surface area contributed by atoms with E-state index < -0.39 is 0 Å². The minimum Gasteiger partial charge on any atom is -0.456 e. The number of hydrogen-bond acceptors (Lipinski definition) is 4. The second-order valence-corrected chi connectivity index (χ2v) is 12.4. The zero-order valence-corrected chi connectivity index (χ0v) is 26.4. The van der Waals surface area contributed by atoms with Crippen molar-refractivity contribution in [2.24, 2.45) is 0 Å². The van der Waals surface area contributed by atoms with Gasteiger partial charge < -0.3 is 13.7 Å². The molecule has 0 amide bonds. The van der Waals surface area contributed by atoms with Crippen LogP contribution in [0.1, 0.15) is 0 Å². The van der Waals surface area contributed by atoms with Crippen LogP contribution in [0.4, 0.5) is 17.1 Å². The van der Waals surface area contributed by atoms with Crippen LogP contribution in [0.25, 0.3) is 77.2 Å². The molecule has 0 aliphatic heterocycles. The van der Waals surface area contributed by atoms with E-state index in [2.05, 4.69) is 138 Å². The quantitative estimate of drug-likeness (QED) is 0.190. The summed E-state index contributed by atoms with van der Waals surface area (Å²) in [6.07, 6.45) is 0. The molecule has 0 spiro atoms. The Morgan fingerprint density at radius 2 is 1.10 bits per heavy atom. The first kappa shape index (κ1) is 27.5. The maximum absolute atomic E-state index is 6.57. The number of hydrogen-bond donors (Lipinski definition) is 0. The summed E-state index contributed by atoms with van der Waals surface area (Å²) in [5.74, 6) is 0.583. The Labute approximate surface area is 282 Å². The summed E-state index contributed by atoms with van der Waals surface area (Å²) in [7, 11) is 0. The molecular weight excluding hydrogens is 601 g/mol. The Hall–Kier alpha value is -6.65. The van der Waals surface area contributed by atoms with Gasteiger partial charge in [-0.25, -0.2) is 4.98 Å². The third-order valence-corrected chi connectivity index (χ3v) is 9.47. The lowest BCUT2D eigenvalue weighted by atomic mass is 9.97. The molecular formula is C45H28N2O2. The fourth-order valence-corrected chi connectivity index (χ4v) is 7.22. The molecule has 2 heterocycles. The van der Waals surface area contributed by atoms with E-state index in [1.807, 2.05) is 36.4 Å². The molecule has 230 valence electrons. The molecule has 49 heavy (non-hydrogen) atoms. The van der Waals surface area contributed by atoms with Crippen LogP contribution in [0.15, 0.2) is 179 Å². The summed E-state index contributed by atoms with van der Waals surface area (Å²) in [4.78, 5) is 7.29. The Bertz CT molecular complexity index is 2840. The van der Waals surface area contributed by atoms with Gasteiger partial charge in [0.25, 0.3) is 0 Å². The van der Waals surface area contributed by atoms with Gasteiger partial charge in [-0.05, 0) is 81.9 Å². The van der Waals surface area contributed by atoms with Gasteiger partial charge in [0.15, 0.2) is 5.58 Å². The first-order chi connectivity index (χ1) is 24.3. The maximum Gasteiger partial charge on any atom is 0.228 e. The van der Waals surface area contributed by atoms with Crippen molar-refractivity contribution >= 4 is 71.6 Å². The Morgan fingerprint density at radius 1 is 0.408 bits per heavy atom. The largest absolute Gasteiger partial charge is 0.456 e. The summed E-state index contributed by atoms with van der Waals surface area (Å²) in [6, 6.07) is 59.2. The van der Waals surface area contributed by atoms with Crippen LogP contribution in [0.5, 0.6) is 0 Å². The number of aromatic nitrogens is 1. The van der Waals surface area contributed by atoms with E-state index in [-0.39, 0.29) is 0 Å². The molecule has 0 fully saturated rings. The van der Waals surface area contributed by atoms with Crippen LogP contribution in [-0.2, 0) is 0 Å². The first-order valence-corrected chi connectivity index (χ1v) is 16.5. The molecule has 0 atom stereocenters. The average molecular weight is 629 g/mol. The van der Waals surface area contributed by atoms with Crippen molar-refractivity contribution in [1.82, 2.24) is 4.98 Å². The molecule has 0 aliphatic rings. The minimum atomic E-state index is 0.583. The predicted octanol–water partition coefficient (Wildman–Crippen LogP) is 12.8. The van der Waals surface area contributed by atoms with E-state index in [9.17, 15) is 0 Å². The van der Waals surface area contributed by atoms with Crippen LogP contribution >= 0.6 is 0 Å². The second-order valence-electron chi connectivity index (χ2n) is 12.4. The van der Waals surface area contributed by atoms with Crippen molar-refractivity contribution < 1.29 is 8.83 Å². The van der Waals surface area contributed by atoms with Gasteiger partial charge in [-0.2, -0.15) is 0 Å². The molecule has 4 heteroatoms. The SMILES string of the molecule is c1ccc(N(c2cccc(-c3cccc4ccccc34)c2)c2ccc3c(c2)oc2cccc(-c4nc5c(ccc6ccccc65)o4)c23)cc1. The van der Waals surface area contributed by atoms with Crippen molar-refractivity contribution in [3.05, 3.63) is 170 Å². The highest BCUT2D eigenvalue weighted by Crippen LogP contribution is 2.42. The smallest absolute Gasteiger partial charge is 0.228 e. The summed E-state index contributed by atoms with van der Waals surface area (Å²) in [6.45, 7) is 0. The zero-order chi connectivity index (χ0) is 32.3. The van der Waals surface area contributed by atoms with E-state index in [0.29, 0.717) is 5.89 Å². The van der Waals surface area contributed by atoms with Crippen molar-refractivity contribution in [3.63, 3.8) is 0 Å². The molecule has 8 aromatic carbocycles. The van der Waals surface area contributed by atoms with Gasteiger partial charge in [-0.1, -0.05) is 109 Å². The molecule has 10 aromatic rings. The lowest BCUT2D eigenvalue weighted by molar-refractivity contribution is 0.620. The average Bonchev–Trinajstić information content (AvgIpc) is 3.77. The Balaban J connectivity index is 1.12. The van der Waals surface area contributed by atoms with E-state index in [1.165, 1.54) is 16.3 Å². The van der Waals surface area contributed by atoms with Gasteiger partial charge in [0.2, 0.25) is 5.89 Å².